The number of aliphatic hydroxyl groups is 2. The number of aliphatic hydroxyl groups excluding tert-OH is 2. The number of hydrogen-bond donors (Lipinski definition) is 5. The number of carbonyl (C=O) groups is 7. The summed E-state index contributed by atoms with van der Waals surface area (Å²) >= 11 is 0. The van der Waals surface area contributed by atoms with Gasteiger partial charge in [-0.3, -0.25) is 38.5 Å². The van der Waals surface area contributed by atoms with Gasteiger partial charge in [0.25, 0.3) is 11.8 Å². The van der Waals surface area contributed by atoms with Gasteiger partial charge in [0, 0.05) is 53.6 Å². The molecular weight excluding hydrogens is 871 g/mol. The number of benzene rings is 2. The van der Waals surface area contributed by atoms with Crippen molar-refractivity contribution in [3.05, 3.63) is 101 Å². The summed E-state index contributed by atoms with van der Waals surface area (Å²) in [5.41, 5.74) is -2.76. The fraction of sp³-hybridized carbons (Fsp3) is 0.500. The number of alkyl halides is 2. The van der Waals surface area contributed by atoms with Crippen molar-refractivity contribution < 1.29 is 62.0 Å². The second-order valence-electron chi connectivity index (χ2n) is 18.9. The highest BCUT2D eigenvalue weighted by molar-refractivity contribution is 6.12. The summed E-state index contributed by atoms with van der Waals surface area (Å²) in [5.74, 6) is -5.56. The first kappa shape index (κ1) is 47.7. The highest BCUT2D eigenvalue weighted by Crippen LogP contribution is 2.68. The van der Waals surface area contributed by atoms with Crippen molar-refractivity contribution in [2.45, 2.75) is 120 Å². The fourth-order valence-corrected chi connectivity index (χ4v) is 11.4. The highest BCUT2D eigenvalue weighted by atomic mass is 19.1. The van der Waals surface area contributed by atoms with Crippen molar-refractivity contribution in [3.8, 4) is 0 Å². The van der Waals surface area contributed by atoms with Gasteiger partial charge >= 0.3 is 0 Å². The van der Waals surface area contributed by atoms with Crippen LogP contribution in [-0.2, 0) is 49.5 Å². The van der Waals surface area contributed by atoms with Crippen molar-refractivity contribution in [1.82, 2.24) is 15.5 Å². The second-order valence-corrected chi connectivity index (χ2v) is 18.9. The summed E-state index contributed by atoms with van der Waals surface area (Å²) in [6.07, 6.45) is 2.90. The molecule has 67 heavy (non-hydrogen) atoms. The van der Waals surface area contributed by atoms with Crippen LogP contribution < -0.4 is 16.0 Å². The average molecular weight is 927 g/mol. The Labute approximate surface area is 386 Å². The lowest BCUT2D eigenvalue weighted by Crippen LogP contribution is -2.68. The van der Waals surface area contributed by atoms with Gasteiger partial charge in [-0.2, -0.15) is 0 Å². The molecule has 8 rings (SSSR count). The molecule has 2 aromatic rings. The van der Waals surface area contributed by atoms with E-state index in [0.717, 1.165) is 22.1 Å². The molecule has 17 heteroatoms. The first-order valence-corrected chi connectivity index (χ1v) is 22.9. The number of ether oxygens (including phenoxy) is 2. The molecule has 0 bridgehead atoms. The van der Waals surface area contributed by atoms with E-state index in [4.69, 9.17) is 9.47 Å². The summed E-state index contributed by atoms with van der Waals surface area (Å²) in [6, 6.07) is 12.7. The number of rotatable bonds is 16. The van der Waals surface area contributed by atoms with Gasteiger partial charge in [-0.05, 0) is 106 Å². The van der Waals surface area contributed by atoms with E-state index in [1.165, 1.54) is 45.1 Å². The summed E-state index contributed by atoms with van der Waals surface area (Å²) in [4.78, 5) is 88.8. The number of ketones is 2. The lowest BCUT2D eigenvalue weighted by Gasteiger charge is -2.60. The van der Waals surface area contributed by atoms with E-state index in [9.17, 15) is 43.8 Å². The lowest BCUT2D eigenvalue weighted by atomic mass is 9.47. The Kier molecular flexibility index (Phi) is 13.3. The number of hydrogen-bond acceptors (Lipinski definition) is 11. The molecule has 0 radical (unpaired) electrons. The third-order valence-corrected chi connectivity index (χ3v) is 14.9. The van der Waals surface area contributed by atoms with Crippen LogP contribution in [-0.4, -0.2) is 111 Å². The highest BCUT2D eigenvalue weighted by Gasteiger charge is 2.76. The largest absolute Gasteiger partial charge is 0.390 e. The number of anilines is 1. The number of nitrogens with one attached hydrogen (secondary N) is 3. The normalized spacial score (nSPS) is 32.4. The number of fused-ring (bicyclic) bond motifs is 7. The zero-order chi connectivity index (χ0) is 48.0. The van der Waals surface area contributed by atoms with Crippen LogP contribution in [0.15, 0.2) is 84.5 Å². The molecule has 3 saturated carbocycles. The van der Waals surface area contributed by atoms with E-state index in [-0.39, 0.29) is 55.5 Å². The van der Waals surface area contributed by atoms with Crippen LogP contribution in [0.4, 0.5) is 14.5 Å². The minimum atomic E-state index is -2.33. The third-order valence-electron chi connectivity index (χ3n) is 14.9. The molecule has 356 valence electrons. The van der Waals surface area contributed by atoms with Crippen LogP contribution >= 0.6 is 0 Å². The number of halogens is 2. The maximum Gasteiger partial charge on any atom is 0.253 e. The van der Waals surface area contributed by atoms with Crippen molar-refractivity contribution in [1.29, 1.82) is 0 Å². The Hall–Kier alpha value is -5.75. The van der Waals surface area contributed by atoms with Gasteiger partial charge < -0.3 is 35.6 Å². The third kappa shape index (κ3) is 8.70. The molecule has 2 aromatic carbocycles. The van der Waals surface area contributed by atoms with Gasteiger partial charge in [0.2, 0.25) is 17.7 Å². The van der Waals surface area contributed by atoms with Crippen molar-refractivity contribution in [3.63, 3.8) is 0 Å². The molecule has 5 amide bonds. The van der Waals surface area contributed by atoms with E-state index >= 15 is 8.78 Å². The summed E-state index contributed by atoms with van der Waals surface area (Å²) in [7, 11) is 0. The first-order valence-electron chi connectivity index (χ1n) is 22.9. The van der Waals surface area contributed by atoms with Gasteiger partial charge in [0.05, 0.1) is 12.2 Å². The molecule has 1 unspecified atom stereocenters. The molecule has 6 aliphatic rings. The number of nitrogens with zero attached hydrogens (tertiary/aromatic N) is 1. The first-order chi connectivity index (χ1) is 31.9. The molecule has 0 spiro atoms. The van der Waals surface area contributed by atoms with Crippen LogP contribution in [0.2, 0.25) is 0 Å². The van der Waals surface area contributed by atoms with Crippen LogP contribution in [0.5, 0.6) is 0 Å². The van der Waals surface area contributed by atoms with Crippen LogP contribution in [0.1, 0.15) is 88.7 Å². The summed E-state index contributed by atoms with van der Waals surface area (Å²) in [5, 5.41) is 29.9. The SMILES string of the molecule is C[C@H](NC(=O)CCCCCN1C(=O)C=CC1=O)C(=O)N[C@@H](C)C(=O)Nc1cccc(Cc2ccc([C@@H]3O[C@@H]4C[C@@H]5C(C[C@H](O)[C@@]6(F)[C@H]5C[C@H](F)C5=CC(=O)C=C[C@@]56C)[C@]4(C(=O)CO)O3)cc2)c1. The van der Waals surface area contributed by atoms with Crippen molar-refractivity contribution >= 4 is 46.8 Å². The predicted octanol–water partition coefficient (Wildman–Crippen LogP) is 3.96. The van der Waals surface area contributed by atoms with Crippen LogP contribution in [0.25, 0.3) is 0 Å². The summed E-state index contributed by atoms with van der Waals surface area (Å²) in [6.45, 7) is 3.95. The number of carbonyl (C=O) groups excluding carboxylic acids is 7. The molecule has 0 aromatic heterocycles. The van der Waals surface area contributed by atoms with Gasteiger partial charge in [-0.15, -0.1) is 0 Å². The van der Waals surface area contributed by atoms with E-state index in [1.54, 1.807) is 30.3 Å². The minimum Gasteiger partial charge on any atom is -0.390 e. The summed E-state index contributed by atoms with van der Waals surface area (Å²) < 4.78 is 46.4. The van der Waals surface area contributed by atoms with E-state index in [1.807, 2.05) is 18.2 Å². The molecule has 1 saturated heterocycles. The molecule has 15 nitrogen and oxygen atoms in total. The van der Waals surface area contributed by atoms with Gasteiger partial charge in [0.1, 0.15) is 24.9 Å². The van der Waals surface area contributed by atoms with E-state index in [2.05, 4.69) is 16.0 Å². The van der Waals surface area contributed by atoms with Gasteiger partial charge in [-0.1, -0.05) is 48.9 Å². The maximum atomic E-state index is 17.6. The van der Waals surface area contributed by atoms with E-state index < -0.39 is 101 Å². The quantitative estimate of drug-likeness (QED) is 0.120. The Bertz CT molecular complexity index is 2420. The molecule has 4 fully saturated rings. The molecule has 5 N–H and O–H groups in total. The van der Waals surface area contributed by atoms with Crippen molar-refractivity contribution in [2.24, 2.45) is 23.2 Å². The molecule has 4 aliphatic carbocycles. The zero-order valence-electron chi connectivity index (χ0n) is 37.5. The number of Topliss-reactive ketones (excluding diaryl/α,β-unsaturated/α-hetero) is 1. The topological polar surface area (TPSA) is 218 Å². The second kappa shape index (κ2) is 18.7. The lowest BCUT2D eigenvalue weighted by molar-refractivity contribution is -0.208. The Morgan fingerprint density at radius 2 is 1.60 bits per heavy atom. The zero-order valence-corrected chi connectivity index (χ0v) is 37.5. The Morgan fingerprint density at radius 1 is 0.881 bits per heavy atom. The molecule has 2 heterocycles. The van der Waals surface area contributed by atoms with Gasteiger partial charge in [-0.25, -0.2) is 8.78 Å². The van der Waals surface area contributed by atoms with Crippen LogP contribution in [0.3, 0.4) is 0 Å². The number of unbranched alkanes of at least 4 members (excludes halogenated alkanes) is 2. The molecular formula is C50H56F2N4O11. The fourth-order valence-electron chi connectivity index (χ4n) is 11.4. The smallest absolute Gasteiger partial charge is 0.253 e. The minimum absolute atomic E-state index is 0.00426. The number of allylic oxidation sites excluding steroid dienone is 4. The molecule has 2 aliphatic heterocycles. The number of imide groups is 1. The standard InChI is InChI=1S/C50H56F2N4O11/c1-27(53-42(61)10-5-4-6-19-56-43(62)15-16-44(56)63)45(64)54-28(2)46(65)55-32-9-7-8-30(21-32)20-29-11-13-31(14-12-29)47-66-41-23-34-35(49(41,67-47)40(60)26-57)25-39(59)50(52)36(34)24-38(51)37-22-33(58)17-18-48(37,50)3/h7-9,11-18,21-22,27-28,34-36,38-39,41,47,57,59H,4-6,10,19-20,23-26H2,1-3H3,(H,53,61)(H,54,64)(H,55,65)/t27-,28-,34+,35?,36-,38-,39-,41+,47+,48-,49+,50-/m0/s1. The molecule has 12 atom stereocenters. The Morgan fingerprint density at radius 3 is 2.31 bits per heavy atom. The van der Waals surface area contributed by atoms with Gasteiger partial charge in [0.15, 0.2) is 29.1 Å². The average Bonchev–Trinajstić information content (AvgIpc) is 3.94. The monoisotopic (exact) mass is 926 g/mol. The van der Waals surface area contributed by atoms with Crippen LogP contribution in [0, 0.1) is 23.2 Å². The van der Waals surface area contributed by atoms with E-state index in [0.29, 0.717) is 36.9 Å². The Balaban J connectivity index is 0.833. The maximum absolute atomic E-state index is 17.6. The number of amides is 5. The predicted molar refractivity (Wildman–Crippen MR) is 237 cm³/mol. The van der Waals surface area contributed by atoms with Crippen molar-refractivity contribution in [2.75, 3.05) is 18.5 Å².